The molecule has 2 fully saturated rings. The fourth-order valence-corrected chi connectivity index (χ4v) is 5.43. The molecular formula is C26H30FN5O3. The molecule has 2 aromatic rings. The Bertz CT molecular complexity index is 1110. The Labute approximate surface area is 204 Å². The summed E-state index contributed by atoms with van der Waals surface area (Å²) in [6, 6.07) is 13.2. The summed E-state index contributed by atoms with van der Waals surface area (Å²) < 4.78 is 13.0. The molecule has 3 amide bonds. The molecule has 2 aliphatic heterocycles. The summed E-state index contributed by atoms with van der Waals surface area (Å²) in [5, 5.41) is 5.80. The van der Waals surface area contributed by atoms with Gasteiger partial charge in [-0.05, 0) is 49.2 Å². The summed E-state index contributed by atoms with van der Waals surface area (Å²) in [4.78, 5) is 45.0. The maximum Gasteiger partial charge on any atom is 0.250 e. The van der Waals surface area contributed by atoms with Crippen LogP contribution in [0.4, 0.5) is 21.5 Å². The number of hydrogen-bond donors (Lipinski definition) is 2. The number of hydrogen-bond acceptors (Lipinski definition) is 5. The van der Waals surface area contributed by atoms with Gasteiger partial charge in [-0.15, -0.1) is 0 Å². The third-order valence-electron chi connectivity index (χ3n) is 7.24. The van der Waals surface area contributed by atoms with E-state index in [9.17, 15) is 18.8 Å². The number of piperazine rings is 1. The molecule has 3 aliphatic rings. The van der Waals surface area contributed by atoms with Gasteiger partial charge in [-0.1, -0.05) is 25.0 Å². The average Bonchev–Trinajstić information content (AvgIpc) is 3.33. The Morgan fingerprint density at radius 1 is 0.914 bits per heavy atom. The SMILES string of the molecule is O=C(CN1CCN(CC(=O)N2c3ccccc3NC(=O)C23CCCC3)CC1)Nc1ccc(F)cc1. The molecule has 0 atom stereocenters. The monoisotopic (exact) mass is 479 g/mol. The highest BCUT2D eigenvalue weighted by molar-refractivity contribution is 6.15. The van der Waals surface area contributed by atoms with Crippen LogP contribution >= 0.6 is 0 Å². The van der Waals surface area contributed by atoms with E-state index >= 15 is 0 Å². The number of anilines is 3. The van der Waals surface area contributed by atoms with Gasteiger partial charge in [-0.3, -0.25) is 29.1 Å². The lowest BCUT2D eigenvalue weighted by Crippen LogP contribution is -2.62. The number of para-hydroxylation sites is 2. The predicted octanol–water partition coefficient (Wildman–Crippen LogP) is 2.68. The van der Waals surface area contributed by atoms with E-state index in [2.05, 4.69) is 15.5 Å². The fourth-order valence-electron chi connectivity index (χ4n) is 5.43. The second-order valence-corrected chi connectivity index (χ2v) is 9.55. The van der Waals surface area contributed by atoms with E-state index in [1.807, 2.05) is 29.2 Å². The van der Waals surface area contributed by atoms with Gasteiger partial charge in [0.1, 0.15) is 11.4 Å². The summed E-state index contributed by atoms with van der Waals surface area (Å²) in [6.07, 6.45) is 3.21. The quantitative estimate of drug-likeness (QED) is 0.689. The molecule has 1 aliphatic carbocycles. The molecule has 184 valence electrons. The molecule has 2 heterocycles. The van der Waals surface area contributed by atoms with Crippen LogP contribution in [0, 0.1) is 5.82 Å². The van der Waals surface area contributed by atoms with Gasteiger partial charge in [0.15, 0.2) is 0 Å². The van der Waals surface area contributed by atoms with E-state index in [0.717, 1.165) is 18.5 Å². The number of carbonyl (C=O) groups is 3. The first-order valence-corrected chi connectivity index (χ1v) is 12.2. The highest BCUT2D eigenvalue weighted by Gasteiger charge is 2.52. The van der Waals surface area contributed by atoms with Crippen molar-refractivity contribution in [2.24, 2.45) is 0 Å². The Hall–Kier alpha value is -3.30. The molecule has 1 saturated carbocycles. The summed E-state index contributed by atoms with van der Waals surface area (Å²) in [7, 11) is 0. The number of fused-ring (bicyclic) bond motifs is 1. The van der Waals surface area contributed by atoms with Gasteiger partial charge in [-0.2, -0.15) is 0 Å². The molecule has 2 aromatic carbocycles. The van der Waals surface area contributed by atoms with Crippen LogP contribution in [-0.4, -0.2) is 72.3 Å². The standard InChI is InChI=1S/C26H30FN5O3/c27-19-7-9-20(10-8-19)28-23(33)17-30-13-15-31(16-14-30)18-24(34)32-22-6-2-1-5-21(22)29-25(35)26(32)11-3-4-12-26/h1-2,5-10H,3-4,11-18H2,(H,28,33)(H,29,35). The third-order valence-corrected chi connectivity index (χ3v) is 7.24. The molecule has 5 rings (SSSR count). The lowest BCUT2D eigenvalue weighted by atomic mass is 9.89. The number of carbonyl (C=O) groups excluding carboxylic acids is 3. The van der Waals surface area contributed by atoms with Crippen LogP contribution in [0.25, 0.3) is 0 Å². The van der Waals surface area contributed by atoms with Crippen molar-refractivity contribution in [3.63, 3.8) is 0 Å². The Morgan fingerprint density at radius 2 is 1.54 bits per heavy atom. The maximum atomic E-state index is 13.6. The zero-order valence-corrected chi connectivity index (χ0v) is 19.6. The van der Waals surface area contributed by atoms with E-state index in [4.69, 9.17) is 0 Å². The minimum atomic E-state index is -0.800. The minimum Gasteiger partial charge on any atom is -0.325 e. The molecule has 0 unspecified atom stereocenters. The van der Waals surface area contributed by atoms with E-state index < -0.39 is 5.54 Å². The van der Waals surface area contributed by atoms with Crippen molar-refractivity contribution in [1.29, 1.82) is 0 Å². The topological polar surface area (TPSA) is 85.0 Å². The zero-order chi connectivity index (χ0) is 24.4. The van der Waals surface area contributed by atoms with Gasteiger partial charge in [-0.25, -0.2) is 4.39 Å². The van der Waals surface area contributed by atoms with Crippen molar-refractivity contribution in [2.45, 2.75) is 31.2 Å². The van der Waals surface area contributed by atoms with Gasteiger partial charge < -0.3 is 10.6 Å². The van der Waals surface area contributed by atoms with Crippen LogP contribution in [0.1, 0.15) is 25.7 Å². The van der Waals surface area contributed by atoms with Gasteiger partial charge in [0.05, 0.1) is 24.5 Å². The first-order valence-electron chi connectivity index (χ1n) is 12.2. The van der Waals surface area contributed by atoms with Crippen molar-refractivity contribution in [2.75, 3.05) is 54.8 Å². The number of amides is 3. The summed E-state index contributed by atoms with van der Waals surface area (Å²) in [6.45, 7) is 3.11. The number of rotatable bonds is 5. The molecule has 0 aromatic heterocycles. The van der Waals surface area contributed by atoms with Crippen LogP contribution in [0.15, 0.2) is 48.5 Å². The Kier molecular flexibility index (Phi) is 6.53. The molecule has 2 N–H and O–H groups in total. The molecule has 1 saturated heterocycles. The van der Waals surface area contributed by atoms with Crippen LogP contribution in [0.2, 0.25) is 0 Å². The molecule has 0 bridgehead atoms. The van der Waals surface area contributed by atoms with Crippen molar-refractivity contribution >= 4 is 34.8 Å². The van der Waals surface area contributed by atoms with Crippen LogP contribution in [0.5, 0.6) is 0 Å². The smallest absolute Gasteiger partial charge is 0.250 e. The normalized spacial score (nSPS) is 19.9. The number of benzene rings is 2. The van der Waals surface area contributed by atoms with Crippen LogP contribution < -0.4 is 15.5 Å². The minimum absolute atomic E-state index is 0.0586. The fraction of sp³-hybridized carbons (Fsp3) is 0.423. The molecule has 8 nitrogen and oxygen atoms in total. The van der Waals surface area contributed by atoms with Crippen LogP contribution in [-0.2, 0) is 14.4 Å². The van der Waals surface area contributed by atoms with E-state index in [0.29, 0.717) is 50.4 Å². The second kappa shape index (κ2) is 9.75. The number of nitrogens with zero attached hydrogens (tertiary/aromatic N) is 3. The van der Waals surface area contributed by atoms with Gasteiger partial charge in [0, 0.05) is 31.9 Å². The summed E-state index contributed by atoms with van der Waals surface area (Å²) in [5.74, 6) is -0.642. The number of nitrogens with one attached hydrogen (secondary N) is 2. The third kappa shape index (κ3) is 4.78. The van der Waals surface area contributed by atoms with Gasteiger partial charge in [0.2, 0.25) is 11.8 Å². The first kappa shape index (κ1) is 23.4. The lowest BCUT2D eigenvalue weighted by molar-refractivity contribution is -0.128. The van der Waals surface area contributed by atoms with Gasteiger partial charge in [0.25, 0.3) is 5.91 Å². The summed E-state index contributed by atoms with van der Waals surface area (Å²) >= 11 is 0. The van der Waals surface area contributed by atoms with Crippen molar-refractivity contribution in [1.82, 2.24) is 9.80 Å². The van der Waals surface area contributed by atoms with Gasteiger partial charge >= 0.3 is 0 Å². The summed E-state index contributed by atoms with van der Waals surface area (Å²) in [5.41, 5.74) is 1.22. The Morgan fingerprint density at radius 3 is 2.23 bits per heavy atom. The Balaban J connectivity index is 1.19. The maximum absolute atomic E-state index is 13.6. The van der Waals surface area contributed by atoms with Crippen molar-refractivity contribution in [3.8, 4) is 0 Å². The molecule has 0 radical (unpaired) electrons. The molecule has 1 spiro atoms. The second-order valence-electron chi connectivity index (χ2n) is 9.55. The largest absolute Gasteiger partial charge is 0.325 e. The van der Waals surface area contributed by atoms with E-state index in [-0.39, 0.29) is 36.6 Å². The molecule has 35 heavy (non-hydrogen) atoms. The first-order chi connectivity index (χ1) is 16.9. The van der Waals surface area contributed by atoms with E-state index in [1.165, 1.54) is 24.3 Å². The van der Waals surface area contributed by atoms with Crippen molar-refractivity contribution in [3.05, 3.63) is 54.3 Å². The highest BCUT2D eigenvalue weighted by Crippen LogP contribution is 2.45. The predicted molar refractivity (Wildman–Crippen MR) is 132 cm³/mol. The number of halogens is 1. The van der Waals surface area contributed by atoms with Crippen molar-refractivity contribution < 1.29 is 18.8 Å². The highest BCUT2D eigenvalue weighted by atomic mass is 19.1. The molecular weight excluding hydrogens is 449 g/mol. The molecule has 9 heteroatoms. The van der Waals surface area contributed by atoms with E-state index in [1.54, 1.807) is 4.90 Å². The van der Waals surface area contributed by atoms with Crippen LogP contribution in [0.3, 0.4) is 0 Å². The zero-order valence-electron chi connectivity index (χ0n) is 19.6. The average molecular weight is 480 g/mol. The lowest BCUT2D eigenvalue weighted by Gasteiger charge is -2.45.